The number of rotatable bonds is 5. The summed E-state index contributed by atoms with van der Waals surface area (Å²) in [4.78, 5) is 12.7. The average molecular weight is 330 g/mol. The molecule has 124 valence electrons. The molecule has 1 aliphatic heterocycles. The standard InChI is InChI=1S/C13H22N4O4S/c1-13(2)6-10(8-17(13)12(18)19)4-3-5-16-9-11(7-15-16)22(14,20)21/h7,9-10H,3-6,8H2,1-2H3,(H,18,19)(H2,14,20,21)/t10-/m0/s1. The smallest absolute Gasteiger partial charge is 0.407 e. The summed E-state index contributed by atoms with van der Waals surface area (Å²) in [5.41, 5.74) is -0.330. The van der Waals surface area contributed by atoms with E-state index in [2.05, 4.69) is 5.10 Å². The minimum atomic E-state index is -3.71. The van der Waals surface area contributed by atoms with Crippen LogP contribution < -0.4 is 5.14 Å². The van der Waals surface area contributed by atoms with E-state index in [0.29, 0.717) is 19.0 Å². The Labute approximate surface area is 129 Å². The van der Waals surface area contributed by atoms with Crippen LogP contribution in [0.4, 0.5) is 4.79 Å². The van der Waals surface area contributed by atoms with Crippen LogP contribution in [0.2, 0.25) is 0 Å². The van der Waals surface area contributed by atoms with E-state index in [4.69, 9.17) is 5.14 Å². The van der Waals surface area contributed by atoms with Crippen molar-refractivity contribution in [1.82, 2.24) is 14.7 Å². The fraction of sp³-hybridized carbons (Fsp3) is 0.692. The second kappa shape index (κ2) is 5.88. The van der Waals surface area contributed by atoms with Crippen molar-refractivity contribution in [2.45, 2.75) is 50.1 Å². The second-order valence-corrected chi connectivity index (χ2v) is 7.96. The first-order valence-corrected chi connectivity index (χ1v) is 8.70. The molecule has 1 aromatic rings. The molecule has 1 amide bonds. The van der Waals surface area contributed by atoms with Gasteiger partial charge in [0.15, 0.2) is 0 Å². The highest BCUT2D eigenvalue weighted by Crippen LogP contribution is 2.34. The number of aromatic nitrogens is 2. The normalized spacial score (nSPS) is 21.2. The van der Waals surface area contributed by atoms with E-state index in [1.54, 1.807) is 4.68 Å². The van der Waals surface area contributed by atoms with Crippen LogP contribution in [0.3, 0.4) is 0 Å². The van der Waals surface area contributed by atoms with Crippen LogP contribution >= 0.6 is 0 Å². The number of aryl methyl sites for hydroxylation is 1. The third-order valence-electron chi connectivity index (χ3n) is 4.13. The molecule has 0 unspecified atom stereocenters. The molecule has 1 saturated heterocycles. The molecule has 0 bridgehead atoms. The van der Waals surface area contributed by atoms with E-state index >= 15 is 0 Å². The summed E-state index contributed by atoms with van der Waals surface area (Å²) in [6.45, 7) is 5.00. The fourth-order valence-electron chi connectivity index (χ4n) is 3.07. The van der Waals surface area contributed by atoms with Gasteiger partial charge in [0.1, 0.15) is 4.90 Å². The Morgan fingerprint density at radius 2 is 2.23 bits per heavy atom. The van der Waals surface area contributed by atoms with Crippen molar-refractivity contribution in [2.75, 3.05) is 6.54 Å². The first-order chi connectivity index (χ1) is 10.1. The molecule has 1 aliphatic rings. The largest absolute Gasteiger partial charge is 0.465 e. The molecule has 0 saturated carbocycles. The Morgan fingerprint density at radius 1 is 1.55 bits per heavy atom. The van der Waals surface area contributed by atoms with Gasteiger partial charge in [0.25, 0.3) is 0 Å². The van der Waals surface area contributed by atoms with Gasteiger partial charge in [-0.3, -0.25) is 4.68 Å². The number of sulfonamides is 1. The van der Waals surface area contributed by atoms with E-state index < -0.39 is 16.1 Å². The predicted molar refractivity (Wildman–Crippen MR) is 79.8 cm³/mol. The number of amides is 1. The van der Waals surface area contributed by atoms with Crippen molar-refractivity contribution in [1.29, 1.82) is 0 Å². The fourth-order valence-corrected chi connectivity index (χ4v) is 3.54. The lowest BCUT2D eigenvalue weighted by Crippen LogP contribution is -2.41. The highest BCUT2D eigenvalue weighted by molar-refractivity contribution is 7.89. The number of likely N-dealkylation sites (tertiary alicyclic amines) is 1. The van der Waals surface area contributed by atoms with Gasteiger partial charge in [0.2, 0.25) is 10.0 Å². The number of carbonyl (C=O) groups is 1. The van der Waals surface area contributed by atoms with Crippen molar-refractivity contribution in [2.24, 2.45) is 11.1 Å². The SMILES string of the molecule is CC1(C)C[C@H](CCCn2cc(S(N)(=O)=O)cn2)CN1C(=O)O. The monoisotopic (exact) mass is 330 g/mol. The summed E-state index contributed by atoms with van der Waals surface area (Å²) in [6, 6.07) is 0. The van der Waals surface area contributed by atoms with Crippen molar-refractivity contribution in [3.8, 4) is 0 Å². The van der Waals surface area contributed by atoms with Crippen LogP contribution in [0.5, 0.6) is 0 Å². The minimum Gasteiger partial charge on any atom is -0.465 e. The number of primary sulfonamides is 1. The second-order valence-electron chi connectivity index (χ2n) is 6.40. The zero-order chi connectivity index (χ0) is 16.5. The molecule has 1 aromatic heterocycles. The number of hydrogen-bond acceptors (Lipinski definition) is 4. The van der Waals surface area contributed by atoms with Crippen molar-refractivity contribution in [3.05, 3.63) is 12.4 Å². The molecule has 9 heteroatoms. The van der Waals surface area contributed by atoms with Gasteiger partial charge in [0.05, 0.1) is 6.20 Å². The lowest BCUT2D eigenvalue weighted by Gasteiger charge is -2.28. The van der Waals surface area contributed by atoms with Crippen molar-refractivity contribution >= 4 is 16.1 Å². The van der Waals surface area contributed by atoms with E-state index in [1.807, 2.05) is 13.8 Å². The summed E-state index contributed by atoms with van der Waals surface area (Å²) in [5, 5.41) is 18.2. The zero-order valence-electron chi connectivity index (χ0n) is 12.8. The lowest BCUT2D eigenvalue weighted by molar-refractivity contribution is 0.117. The van der Waals surface area contributed by atoms with Gasteiger partial charge in [-0.15, -0.1) is 0 Å². The van der Waals surface area contributed by atoms with Gasteiger partial charge in [-0.2, -0.15) is 5.10 Å². The molecule has 0 spiro atoms. The maximum Gasteiger partial charge on any atom is 0.407 e. The maximum absolute atomic E-state index is 11.2. The van der Waals surface area contributed by atoms with Crippen LogP contribution in [0.15, 0.2) is 17.3 Å². The van der Waals surface area contributed by atoms with Crippen molar-refractivity contribution in [3.63, 3.8) is 0 Å². The summed E-state index contributed by atoms with van der Waals surface area (Å²) < 4.78 is 23.9. The average Bonchev–Trinajstić information content (AvgIpc) is 2.93. The third-order valence-corrected chi connectivity index (χ3v) is 5.00. The van der Waals surface area contributed by atoms with Gasteiger partial charge < -0.3 is 10.0 Å². The quantitative estimate of drug-likeness (QED) is 0.837. The first kappa shape index (κ1) is 16.8. The first-order valence-electron chi connectivity index (χ1n) is 7.15. The van der Waals surface area contributed by atoms with Crippen LogP contribution in [0.25, 0.3) is 0 Å². The summed E-state index contributed by atoms with van der Waals surface area (Å²) in [5.74, 6) is 0.319. The number of nitrogens with zero attached hydrogens (tertiary/aromatic N) is 3. The van der Waals surface area contributed by atoms with Gasteiger partial charge in [-0.05, 0) is 39.0 Å². The molecule has 22 heavy (non-hydrogen) atoms. The molecule has 8 nitrogen and oxygen atoms in total. The van der Waals surface area contributed by atoms with Gasteiger partial charge >= 0.3 is 6.09 Å². The van der Waals surface area contributed by atoms with E-state index in [0.717, 1.165) is 19.3 Å². The molecule has 2 heterocycles. The molecule has 3 N–H and O–H groups in total. The summed E-state index contributed by atoms with van der Waals surface area (Å²) >= 11 is 0. The topological polar surface area (TPSA) is 119 Å². The van der Waals surface area contributed by atoms with E-state index in [-0.39, 0.29) is 10.4 Å². The molecule has 1 atom stereocenters. The molecule has 0 aromatic carbocycles. The maximum atomic E-state index is 11.2. The molecular formula is C13H22N4O4S. The van der Waals surface area contributed by atoms with Gasteiger partial charge in [-0.1, -0.05) is 0 Å². The number of hydrogen-bond donors (Lipinski definition) is 2. The predicted octanol–water partition coefficient (Wildman–Crippen LogP) is 1.09. The Hall–Kier alpha value is -1.61. The van der Waals surface area contributed by atoms with Crippen LogP contribution in [-0.2, 0) is 16.6 Å². The highest BCUT2D eigenvalue weighted by Gasteiger charge is 2.40. The molecule has 0 radical (unpaired) electrons. The van der Waals surface area contributed by atoms with E-state index in [9.17, 15) is 18.3 Å². The Morgan fingerprint density at radius 3 is 2.73 bits per heavy atom. The molecular weight excluding hydrogens is 308 g/mol. The summed E-state index contributed by atoms with van der Waals surface area (Å²) in [7, 11) is -3.71. The Kier molecular flexibility index (Phi) is 4.48. The summed E-state index contributed by atoms with van der Waals surface area (Å²) in [6.07, 6.45) is 4.29. The van der Waals surface area contributed by atoms with Crippen LogP contribution in [0, 0.1) is 5.92 Å². The van der Waals surface area contributed by atoms with Crippen LogP contribution in [-0.4, -0.2) is 46.4 Å². The van der Waals surface area contributed by atoms with Gasteiger partial charge in [0, 0.05) is 24.8 Å². The molecule has 2 rings (SSSR count). The Balaban J connectivity index is 1.85. The minimum absolute atomic E-state index is 0.00607. The highest BCUT2D eigenvalue weighted by atomic mass is 32.2. The van der Waals surface area contributed by atoms with Crippen molar-refractivity contribution < 1.29 is 18.3 Å². The number of nitrogens with two attached hydrogens (primary N) is 1. The zero-order valence-corrected chi connectivity index (χ0v) is 13.6. The van der Waals surface area contributed by atoms with Crippen LogP contribution in [0.1, 0.15) is 33.1 Å². The molecule has 0 aliphatic carbocycles. The van der Waals surface area contributed by atoms with Gasteiger partial charge in [-0.25, -0.2) is 18.4 Å². The lowest BCUT2D eigenvalue weighted by atomic mass is 9.93. The number of carboxylic acid groups (broad SMARTS) is 1. The Bertz CT molecular complexity index is 653. The molecule has 1 fully saturated rings. The third kappa shape index (κ3) is 3.77. The van der Waals surface area contributed by atoms with E-state index in [1.165, 1.54) is 17.3 Å².